The number of carbonyl (C=O) groups is 3. The third-order valence-electron chi connectivity index (χ3n) is 5.35. The number of hydrogen-bond donors (Lipinski definition) is 1. The number of amides is 3. The van der Waals surface area contributed by atoms with Crippen LogP contribution in [-0.2, 0) is 17.9 Å². The molecule has 1 saturated heterocycles. The van der Waals surface area contributed by atoms with Crippen molar-refractivity contribution in [2.75, 3.05) is 26.2 Å². The zero-order valence-corrected chi connectivity index (χ0v) is 17.4. The van der Waals surface area contributed by atoms with Crippen molar-refractivity contribution in [3.63, 3.8) is 0 Å². The van der Waals surface area contributed by atoms with Crippen LogP contribution in [0.3, 0.4) is 0 Å². The lowest BCUT2D eigenvalue weighted by molar-refractivity contribution is -0.121. The fourth-order valence-corrected chi connectivity index (χ4v) is 3.59. The van der Waals surface area contributed by atoms with Gasteiger partial charge in [0.15, 0.2) is 5.76 Å². The molecular formula is C23H23FN4O4. The molecule has 0 saturated carbocycles. The molecule has 0 unspecified atom stereocenters. The van der Waals surface area contributed by atoms with Crippen LogP contribution in [0.15, 0.2) is 65.4 Å². The summed E-state index contributed by atoms with van der Waals surface area (Å²) in [4.78, 5) is 41.1. The van der Waals surface area contributed by atoms with Gasteiger partial charge in [0.05, 0.1) is 6.26 Å². The number of piperazine rings is 1. The Morgan fingerprint density at radius 2 is 1.59 bits per heavy atom. The van der Waals surface area contributed by atoms with Gasteiger partial charge < -0.3 is 24.1 Å². The maximum absolute atomic E-state index is 13.0. The molecular weight excluding hydrogens is 415 g/mol. The minimum atomic E-state index is -0.332. The Bertz CT molecular complexity index is 1080. The van der Waals surface area contributed by atoms with Gasteiger partial charge in [-0.1, -0.05) is 12.1 Å². The third kappa shape index (κ3) is 4.88. The van der Waals surface area contributed by atoms with E-state index in [9.17, 15) is 18.8 Å². The Hall–Kier alpha value is -3.88. The first-order chi connectivity index (χ1) is 15.5. The highest BCUT2D eigenvalue weighted by atomic mass is 19.1. The Morgan fingerprint density at radius 3 is 2.25 bits per heavy atom. The molecule has 4 rings (SSSR count). The normalized spacial score (nSPS) is 13.8. The van der Waals surface area contributed by atoms with Crippen LogP contribution in [0, 0.1) is 5.82 Å². The number of hydrogen-bond acceptors (Lipinski definition) is 4. The standard InChI is InChI=1S/C23H23FN4O4/c24-18-7-5-17(6-8-18)15-25-21(29)16-28-9-1-3-19(28)22(30)26-10-12-27(13-11-26)23(31)20-4-2-14-32-20/h1-9,14H,10-13,15-16H2,(H,25,29). The van der Waals surface area contributed by atoms with Gasteiger partial charge in [0.25, 0.3) is 11.8 Å². The number of furan rings is 1. The molecule has 1 aliphatic rings. The van der Waals surface area contributed by atoms with Gasteiger partial charge in [0, 0.05) is 38.9 Å². The largest absolute Gasteiger partial charge is 0.459 e. The summed E-state index contributed by atoms with van der Waals surface area (Å²) in [5.74, 6) is -0.685. The number of aromatic nitrogens is 1. The first-order valence-corrected chi connectivity index (χ1v) is 10.3. The topological polar surface area (TPSA) is 87.8 Å². The smallest absolute Gasteiger partial charge is 0.289 e. The van der Waals surface area contributed by atoms with Gasteiger partial charge >= 0.3 is 0 Å². The molecule has 3 amide bonds. The number of halogens is 1. The summed E-state index contributed by atoms with van der Waals surface area (Å²) in [7, 11) is 0. The summed E-state index contributed by atoms with van der Waals surface area (Å²) in [5.41, 5.74) is 1.19. The maximum atomic E-state index is 13.0. The van der Waals surface area contributed by atoms with E-state index in [1.807, 2.05) is 0 Å². The lowest BCUT2D eigenvalue weighted by Gasteiger charge is -2.34. The lowest BCUT2D eigenvalue weighted by atomic mass is 10.2. The molecule has 0 aliphatic carbocycles. The van der Waals surface area contributed by atoms with E-state index in [2.05, 4.69) is 5.32 Å². The van der Waals surface area contributed by atoms with Crippen molar-refractivity contribution in [1.29, 1.82) is 0 Å². The second kappa shape index (κ2) is 9.51. The molecule has 0 bridgehead atoms. The Morgan fingerprint density at radius 1 is 0.906 bits per heavy atom. The van der Waals surface area contributed by atoms with Crippen LogP contribution in [0.1, 0.15) is 26.6 Å². The highest BCUT2D eigenvalue weighted by Gasteiger charge is 2.27. The number of benzene rings is 1. The third-order valence-corrected chi connectivity index (χ3v) is 5.35. The summed E-state index contributed by atoms with van der Waals surface area (Å²) < 4.78 is 19.7. The van der Waals surface area contributed by atoms with E-state index in [0.29, 0.717) is 31.9 Å². The van der Waals surface area contributed by atoms with Gasteiger partial charge in [-0.2, -0.15) is 0 Å². The van der Waals surface area contributed by atoms with Gasteiger partial charge in [0.2, 0.25) is 5.91 Å². The highest BCUT2D eigenvalue weighted by Crippen LogP contribution is 2.13. The number of nitrogens with one attached hydrogen (secondary N) is 1. The van der Waals surface area contributed by atoms with E-state index in [1.165, 1.54) is 18.4 Å². The summed E-state index contributed by atoms with van der Waals surface area (Å²) >= 11 is 0. The molecule has 166 valence electrons. The molecule has 9 heteroatoms. The van der Waals surface area contributed by atoms with Gasteiger partial charge in [-0.15, -0.1) is 0 Å². The SMILES string of the molecule is O=C(Cn1cccc1C(=O)N1CCN(C(=O)c2ccco2)CC1)NCc1ccc(F)cc1. The zero-order valence-electron chi connectivity index (χ0n) is 17.4. The van der Waals surface area contributed by atoms with Gasteiger partial charge in [-0.25, -0.2) is 4.39 Å². The summed E-state index contributed by atoms with van der Waals surface area (Å²) in [6.07, 6.45) is 3.14. The van der Waals surface area contributed by atoms with E-state index in [1.54, 1.807) is 57.0 Å². The van der Waals surface area contributed by atoms with Crippen LogP contribution in [-0.4, -0.2) is 58.3 Å². The molecule has 32 heavy (non-hydrogen) atoms. The van der Waals surface area contributed by atoms with Crippen LogP contribution in [0.25, 0.3) is 0 Å². The minimum absolute atomic E-state index is 0.00773. The van der Waals surface area contributed by atoms with Crippen LogP contribution in [0.5, 0.6) is 0 Å². The van der Waals surface area contributed by atoms with Gasteiger partial charge in [0.1, 0.15) is 18.1 Å². The van der Waals surface area contributed by atoms with Crippen molar-refractivity contribution in [2.45, 2.75) is 13.1 Å². The molecule has 0 radical (unpaired) electrons. The number of rotatable bonds is 6. The maximum Gasteiger partial charge on any atom is 0.289 e. The van der Waals surface area contributed by atoms with Crippen molar-refractivity contribution in [3.05, 3.63) is 83.8 Å². The van der Waals surface area contributed by atoms with Crippen molar-refractivity contribution in [1.82, 2.24) is 19.7 Å². The van der Waals surface area contributed by atoms with Crippen molar-refractivity contribution in [2.24, 2.45) is 0 Å². The fourth-order valence-electron chi connectivity index (χ4n) is 3.59. The van der Waals surface area contributed by atoms with E-state index in [4.69, 9.17) is 4.42 Å². The second-order valence-electron chi connectivity index (χ2n) is 7.49. The van der Waals surface area contributed by atoms with Crippen molar-refractivity contribution in [3.8, 4) is 0 Å². The second-order valence-corrected chi connectivity index (χ2v) is 7.49. The summed E-state index contributed by atoms with van der Waals surface area (Å²) in [6.45, 7) is 1.87. The van der Waals surface area contributed by atoms with Crippen LogP contribution in [0.4, 0.5) is 4.39 Å². The van der Waals surface area contributed by atoms with E-state index < -0.39 is 0 Å². The molecule has 1 aliphatic heterocycles. The molecule has 1 aromatic carbocycles. The number of carbonyl (C=O) groups excluding carboxylic acids is 3. The van der Waals surface area contributed by atoms with Gasteiger partial charge in [-0.3, -0.25) is 14.4 Å². The van der Waals surface area contributed by atoms with Crippen LogP contribution >= 0.6 is 0 Å². The van der Waals surface area contributed by atoms with Crippen LogP contribution in [0.2, 0.25) is 0 Å². The summed E-state index contributed by atoms with van der Waals surface area (Å²) in [5, 5.41) is 2.77. The average Bonchev–Trinajstić information content (AvgIpc) is 3.50. The summed E-state index contributed by atoms with van der Waals surface area (Å²) in [6, 6.07) is 12.6. The molecule has 1 fully saturated rings. The van der Waals surface area contributed by atoms with Crippen LogP contribution < -0.4 is 5.32 Å². The Labute approximate surface area is 184 Å². The minimum Gasteiger partial charge on any atom is -0.459 e. The monoisotopic (exact) mass is 438 g/mol. The zero-order chi connectivity index (χ0) is 22.5. The Kier molecular flexibility index (Phi) is 6.34. The highest BCUT2D eigenvalue weighted by molar-refractivity contribution is 5.94. The fraction of sp³-hybridized carbons (Fsp3) is 0.261. The molecule has 2 aromatic heterocycles. The van der Waals surface area contributed by atoms with Crippen molar-refractivity contribution < 1.29 is 23.2 Å². The lowest BCUT2D eigenvalue weighted by Crippen LogP contribution is -2.50. The average molecular weight is 438 g/mol. The van der Waals surface area contributed by atoms with E-state index in [-0.39, 0.29) is 42.4 Å². The molecule has 8 nitrogen and oxygen atoms in total. The quantitative estimate of drug-likeness (QED) is 0.639. The van der Waals surface area contributed by atoms with E-state index in [0.717, 1.165) is 5.56 Å². The molecule has 1 N–H and O–H groups in total. The van der Waals surface area contributed by atoms with Crippen molar-refractivity contribution >= 4 is 17.7 Å². The molecule has 0 spiro atoms. The first-order valence-electron chi connectivity index (χ1n) is 10.3. The molecule has 0 atom stereocenters. The predicted molar refractivity (Wildman–Crippen MR) is 113 cm³/mol. The number of nitrogens with zero attached hydrogens (tertiary/aromatic N) is 3. The Balaban J connectivity index is 1.31. The van der Waals surface area contributed by atoms with Gasteiger partial charge in [-0.05, 0) is 42.0 Å². The van der Waals surface area contributed by atoms with E-state index >= 15 is 0 Å². The molecule has 3 aromatic rings. The first kappa shape index (κ1) is 21.4. The predicted octanol–water partition coefficient (Wildman–Crippen LogP) is 2.13. The molecule has 3 heterocycles.